The Morgan fingerprint density at radius 2 is 1.93 bits per heavy atom. The fourth-order valence-electron chi connectivity index (χ4n) is 2.64. The summed E-state index contributed by atoms with van der Waals surface area (Å²) in [7, 11) is 0. The van der Waals surface area contributed by atoms with Gasteiger partial charge in [0.1, 0.15) is 18.5 Å². The Morgan fingerprint density at radius 1 is 1.19 bits per heavy atom. The molecule has 4 rings (SSSR count). The van der Waals surface area contributed by atoms with Gasteiger partial charge in [0.15, 0.2) is 11.5 Å². The van der Waals surface area contributed by atoms with Gasteiger partial charge in [-0.15, -0.1) is 0 Å². The van der Waals surface area contributed by atoms with Gasteiger partial charge in [0, 0.05) is 5.56 Å². The van der Waals surface area contributed by atoms with Crippen molar-refractivity contribution in [2.24, 2.45) is 0 Å². The molecule has 7 nitrogen and oxygen atoms in total. The van der Waals surface area contributed by atoms with E-state index in [1.54, 1.807) is 37.3 Å². The molecule has 27 heavy (non-hydrogen) atoms. The van der Waals surface area contributed by atoms with Gasteiger partial charge in [-0.2, -0.15) is 4.98 Å². The summed E-state index contributed by atoms with van der Waals surface area (Å²) in [5.74, 6) is 0.985. The number of halogens is 1. The highest BCUT2D eigenvalue weighted by Gasteiger charge is 2.29. The molecule has 1 N–H and O–H groups in total. The fourth-order valence-corrected chi connectivity index (χ4v) is 2.64. The van der Waals surface area contributed by atoms with Crippen molar-refractivity contribution in [2.75, 3.05) is 6.61 Å². The predicted octanol–water partition coefficient (Wildman–Crippen LogP) is 2.89. The third kappa shape index (κ3) is 3.59. The Balaban J connectivity index is 1.41. The van der Waals surface area contributed by atoms with Crippen LogP contribution in [0, 0.1) is 5.82 Å². The molecule has 2 unspecified atom stereocenters. The number of rotatable bonds is 4. The zero-order chi connectivity index (χ0) is 18.8. The van der Waals surface area contributed by atoms with Crippen molar-refractivity contribution in [3.63, 3.8) is 0 Å². The molecule has 2 aromatic carbocycles. The molecule has 0 saturated heterocycles. The number of hydrogen-bond donors (Lipinski definition) is 1. The summed E-state index contributed by atoms with van der Waals surface area (Å²) >= 11 is 0. The second kappa shape index (κ2) is 7.06. The Hall–Kier alpha value is -3.42. The highest BCUT2D eigenvalue weighted by Crippen LogP contribution is 2.31. The van der Waals surface area contributed by atoms with E-state index in [-0.39, 0.29) is 24.2 Å². The van der Waals surface area contributed by atoms with Crippen LogP contribution in [0.5, 0.6) is 11.5 Å². The van der Waals surface area contributed by atoms with Crippen LogP contribution in [0.4, 0.5) is 4.39 Å². The lowest BCUT2D eigenvalue weighted by Gasteiger charge is -2.26. The van der Waals surface area contributed by atoms with Crippen molar-refractivity contribution in [3.05, 3.63) is 60.2 Å². The monoisotopic (exact) mass is 369 g/mol. The molecule has 1 amide bonds. The summed E-state index contributed by atoms with van der Waals surface area (Å²) < 4.78 is 29.5. The van der Waals surface area contributed by atoms with Crippen LogP contribution in [0.1, 0.15) is 18.9 Å². The van der Waals surface area contributed by atoms with Crippen LogP contribution in [0.15, 0.2) is 53.1 Å². The minimum absolute atomic E-state index is 0.111. The van der Waals surface area contributed by atoms with E-state index >= 15 is 0 Å². The van der Waals surface area contributed by atoms with Gasteiger partial charge >= 0.3 is 0 Å². The van der Waals surface area contributed by atoms with E-state index in [0.717, 1.165) is 0 Å². The van der Waals surface area contributed by atoms with Crippen LogP contribution in [-0.4, -0.2) is 28.8 Å². The normalized spacial score (nSPS) is 16.6. The van der Waals surface area contributed by atoms with Crippen LogP contribution >= 0.6 is 0 Å². The first kappa shape index (κ1) is 17.0. The number of ether oxygens (including phenoxy) is 2. The first-order valence-electron chi connectivity index (χ1n) is 8.38. The Labute approximate surface area is 154 Å². The number of aromatic nitrogens is 2. The second-order valence-electron chi connectivity index (χ2n) is 6.06. The Kier molecular flexibility index (Phi) is 4.45. The second-order valence-corrected chi connectivity index (χ2v) is 6.06. The maximum atomic E-state index is 13.0. The molecule has 2 atom stereocenters. The molecule has 1 aliphatic rings. The van der Waals surface area contributed by atoms with Crippen molar-refractivity contribution >= 4 is 5.91 Å². The molecule has 0 spiro atoms. The highest BCUT2D eigenvalue weighted by atomic mass is 19.1. The Bertz CT molecular complexity index is 958. The number of nitrogens with one attached hydrogen (secondary N) is 1. The molecular weight excluding hydrogens is 353 g/mol. The minimum atomic E-state index is -0.776. The van der Waals surface area contributed by atoms with Gasteiger partial charge in [0.05, 0.1) is 0 Å². The van der Waals surface area contributed by atoms with Gasteiger partial charge in [-0.05, 0) is 43.3 Å². The molecule has 1 aliphatic heterocycles. The zero-order valence-electron chi connectivity index (χ0n) is 14.4. The van der Waals surface area contributed by atoms with Crippen LogP contribution in [0.2, 0.25) is 0 Å². The smallest absolute Gasteiger partial charge is 0.265 e. The summed E-state index contributed by atoms with van der Waals surface area (Å²) in [6.45, 7) is 1.83. The van der Waals surface area contributed by atoms with E-state index in [1.165, 1.54) is 12.1 Å². The number of hydrogen-bond acceptors (Lipinski definition) is 6. The van der Waals surface area contributed by atoms with Crippen LogP contribution < -0.4 is 14.8 Å². The molecule has 1 aromatic heterocycles. The first-order chi connectivity index (χ1) is 13.1. The van der Waals surface area contributed by atoms with E-state index in [9.17, 15) is 9.18 Å². The van der Waals surface area contributed by atoms with Crippen LogP contribution in [-0.2, 0) is 4.79 Å². The summed E-state index contributed by atoms with van der Waals surface area (Å²) in [6, 6.07) is 12.4. The number of nitrogens with zero attached hydrogens (tertiary/aromatic N) is 2. The lowest BCUT2D eigenvalue weighted by atomic mass is 10.2. The van der Waals surface area contributed by atoms with Gasteiger partial charge in [-0.3, -0.25) is 4.79 Å². The first-order valence-corrected chi connectivity index (χ1v) is 8.38. The topological polar surface area (TPSA) is 86.5 Å². The Morgan fingerprint density at radius 3 is 2.70 bits per heavy atom. The molecule has 138 valence electrons. The maximum Gasteiger partial charge on any atom is 0.265 e. The van der Waals surface area contributed by atoms with E-state index in [4.69, 9.17) is 14.0 Å². The number of carbonyl (C=O) groups is 1. The van der Waals surface area contributed by atoms with Crippen molar-refractivity contribution < 1.29 is 23.2 Å². The number of para-hydroxylation sites is 2. The molecule has 0 radical (unpaired) electrons. The highest BCUT2D eigenvalue weighted by molar-refractivity contribution is 5.82. The molecule has 8 heteroatoms. The number of benzene rings is 2. The minimum Gasteiger partial charge on any atom is -0.485 e. The van der Waals surface area contributed by atoms with Crippen molar-refractivity contribution in [1.82, 2.24) is 15.5 Å². The van der Waals surface area contributed by atoms with Gasteiger partial charge in [0.2, 0.25) is 17.8 Å². The summed E-state index contributed by atoms with van der Waals surface area (Å²) in [5, 5.41) is 6.64. The largest absolute Gasteiger partial charge is 0.485 e. The van der Waals surface area contributed by atoms with E-state index < -0.39 is 12.1 Å². The summed E-state index contributed by atoms with van der Waals surface area (Å²) in [4.78, 5) is 16.7. The van der Waals surface area contributed by atoms with Crippen molar-refractivity contribution in [3.8, 4) is 22.9 Å². The average molecular weight is 369 g/mol. The molecule has 3 aromatic rings. The maximum absolute atomic E-state index is 13.0. The van der Waals surface area contributed by atoms with Crippen LogP contribution in [0.25, 0.3) is 11.4 Å². The SMILES string of the molecule is CC(NC(=O)C1COc2ccccc2O1)c1nc(-c2ccc(F)cc2)no1. The fraction of sp³-hybridized carbons (Fsp3) is 0.211. The molecule has 0 aliphatic carbocycles. The van der Waals surface area contributed by atoms with Crippen LogP contribution in [0.3, 0.4) is 0 Å². The molecule has 2 heterocycles. The number of fused-ring (bicyclic) bond motifs is 1. The molecule has 0 bridgehead atoms. The van der Waals surface area contributed by atoms with Gasteiger partial charge in [-0.25, -0.2) is 4.39 Å². The third-order valence-electron chi connectivity index (χ3n) is 4.07. The molecular formula is C19H16FN3O4. The lowest BCUT2D eigenvalue weighted by Crippen LogP contribution is -2.44. The molecule has 0 fully saturated rings. The van der Waals surface area contributed by atoms with Crippen molar-refractivity contribution in [2.45, 2.75) is 19.1 Å². The lowest BCUT2D eigenvalue weighted by molar-refractivity contribution is -0.131. The van der Waals surface area contributed by atoms with Gasteiger partial charge < -0.3 is 19.3 Å². The van der Waals surface area contributed by atoms with Gasteiger partial charge in [-0.1, -0.05) is 17.3 Å². The van der Waals surface area contributed by atoms with E-state index in [0.29, 0.717) is 22.9 Å². The summed E-state index contributed by atoms with van der Waals surface area (Å²) in [6.07, 6.45) is -0.776. The zero-order valence-corrected chi connectivity index (χ0v) is 14.4. The quantitative estimate of drug-likeness (QED) is 0.761. The summed E-state index contributed by atoms with van der Waals surface area (Å²) in [5.41, 5.74) is 0.616. The number of carbonyl (C=O) groups excluding carboxylic acids is 1. The standard InChI is InChI=1S/C19H16FN3O4/c1-11(19-22-17(23-27-19)12-6-8-13(20)9-7-12)21-18(24)16-10-25-14-4-2-3-5-15(14)26-16/h2-9,11,16H,10H2,1H3,(H,21,24). The van der Waals surface area contributed by atoms with Gasteiger partial charge in [0.25, 0.3) is 5.91 Å². The predicted molar refractivity (Wildman–Crippen MR) is 92.6 cm³/mol. The van der Waals surface area contributed by atoms with E-state index in [1.807, 2.05) is 6.07 Å². The third-order valence-corrected chi connectivity index (χ3v) is 4.07. The molecule has 0 saturated carbocycles. The average Bonchev–Trinajstić information content (AvgIpc) is 3.18. The van der Waals surface area contributed by atoms with Crippen molar-refractivity contribution in [1.29, 1.82) is 0 Å². The van der Waals surface area contributed by atoms with E-state index in [2.05, 4.69) is 15.5 Å². The number of amides is 1.